The second-order valence-electron chi connectivity index (χ2n) is 9.26. The van der Waals surface area contributed by atoms with E-state index < -0.39 is 5.41 Å². The Bertz CT molecular complexity index is 623. The molecule has 4 heteroatoms. The molecule has 2 fully saturated rings. The Morgan fingerprint density at radius 1 is 1.03 bits per heavy atom. The maximum absolute atomic E-state index is 12.8. The molecule has 0 N–H and O–H groups in total. The molecule has 1 aliphatic heterocycles. The fraction of sp³-hybridized carbons (Fsp3) is 0.720. The summed E-state index contributed by atoms with van der Waals surface area (Å²) in [6.45, 7) is 7.05. The summed E-state index contributed by atoms with van der Waals surface area (Å²) in [5.74, 6) is 1.64. The van der Waals surface area contributed by atoms with Gasteiger partial charge in [-0.15, -0.1) is 0 Å². The topological polar surface area (TPSA) is 44.8 Å². The third-order valence-electron chi connectivity index (χ3n) is 6.55. The summed E-state index contributed by atoms with van der Waals surface area (Å²) in [4.78, 5) is 12.8. The van der Waals surface area contributed by atoms with Crippen molar-refractivity contribution in [2.45, 2.75) is 84.8 Å². The number of rotatable bonds is 8. The number of aryl methyl sites for hydroxylation is 1. The smallest absolute Gasteiger partial charge is 0.321 e. The van der Waals surface area contributed by atoms with E-state index in [9.17, 15) is 4.79 Å². The molecule has 4 nitrogen and oxygen atoms in total. The van der Waals surface area contributed by atoms with E-state index in [1.54, 1.807) is 0 Å². The summed E-state index contributed by atoms with van der Waals surface area (Å²) in [5, 5.41) is 0. The summed E-state index contributed by atoms with van der Waals surface area (Å²) in [6.07, 6.45) is 10.7. The predicted molar refractivity (Wildman–Crippen MR) is 115 cm³/mol. The average molecular weight is 403 g/mol. The lowest BCUT2D eigenvalue weighted by molar-refractivity contribution is -0.250. The molecule has 162 valence electrons. The van der Waals surface area contributed by atoms with Crippen LogP contribution >= 0.6 is 0 Å². The molecule has 29 heavy (non-hydrogen) atoms. The van der Waals surface area contributed by atoms with Crippen molar-refractivity contribution in [2.24, 2.45) is 17.3 Å². The first-order chi connectivity index (χ1) is 14.0. The van der Waals surface area contributed by atoms with Crippen LogP contribution < -0.4 is 4.74 Å². The molecule has 1 aromatic carbocycles. The lowest BCUT2D eigenvalue weighted by Gasteiger charge is -2.40. The molecule has 0 atom stereocenters. The Labute approximate surface area is 176 Å². The van der Waals surface area contributed by atoms with Crippen LogP contribution in [0.3, 0.4) is 0 Å². The van der Waals surface area contributed by atoms with E-state index in [2.05, 4.69) is 13.8 Å². The molecule has 1 aliphatic carbocycles. The van der Waals surface area contributed by atoms with E-state index in [0.717, 1.165) is 12.3 Å². The Hall–Kier alpha value is -1.39. The van der Waals surface area contributed by atoms with E-state index in [1.807, 2.05) is 31.2 Å². The third-order valence-corrected chi connectivity index (χ3v) is 6.55. The first-order valence-corrected chi connectivity index (χ1v) is 11.6. The van der Waals surface area contributed by atoms with Crippen LogP contribution in [0, 0.1) is 17.3 Å². The van der Waals surface area contributed by atoms with Crippen LogP contribution in [0.15, 0.2) is 24.3 Å². The molecule has 0 spiro atoms. The average Bonchev–Trinajstić information content (AvgIpc) is 2.75. The summed E-state index contributed by atoms with van der Waals surface area (Å²) < 4.78 is 17.7. The van der Waals surface area contributed by atoms with Gasteiger partial charge < -0.3 is 14.2 Å². The fourth-order valence-corrected chi connectivity index (χ4v) is 4.50. The van der Waals surface area contributed by atoms with E-state index in [4.69, 9.17) is 14.2 Å². The van der Waals surface area contributed by atoms with Crippen LogP contribution in [-0.4, -0.2) is 25.5 Å². The minimum atomic E-state index is -0.753. The number of hydrogen-bond donors (Lipinski definition) is 0. The zero-order chi connectivity index (χ0) is 20.7. The van der Waals surface area contributed by atoms with Crippen LogP contribution in [0.25, 0.3) is 0 Å². The maximum atomic E-state index is 12.8. The number of carbonyl (C=O) groups excluding carboxylic acids is 1. The van der Waals surface area contributed by atoms with Gasteiger partial charge in [0.15, 0.2) is 6.29 Å². The molecular weight excluding hydrogens is 364 g/mol. The van der Waals surface area contributed by atoms with Gasteiger partial charge in [0.1, 0.15) is 11.2 Å². The van der Waals surface area contributed by atoms with E-state index >= 15 is 0 Å². The van der Waals surface area contributed by atoms with Gasteiger partial charge in [-0.05, 0) is 69.1 Å². The summed E-state index contributed by atoms with van der Waals surface area (Å²) in [5.41, 5.74) is 0.523. The van der Waals surface area contributed by atoms with Gasteiger partial charge in [-0.1, -0.05) is 45.2 Å². The summed E-state index contributed by atoms with van der Waals surface area (Å²) >= 11 is 0. The highest BCUT2D eigenvalue weighted by atomic mass is 16.7. The van der Waals surface area contributed by atoms with Gasteiger partial charge in [0.05, 0.1) is 13.2 Å². The Morgan fingerprint density at radius 2 is 1.69 bits per heavy atom. The number of esters is 1. The Morgan fingerprint density at radius 3 is 2.28 bits per heavy atom. The minimum absolute atomic E-state index is 0.170. The summed E-state index contributed by atoms with van der Waals surface area (Å²) in [6, 6.07) is 7.85. The monoisotopic (exact) mass is 402 g/mol. The molecule has 2 aliphatic rings. The minimum Gasteiger partial charge on any atom is -0.426 e. The molecule has 0 amide bonds. The quantitative estimate of drug-likeness (QED) is 0.400. The van der Waals surface area contributed by atoms with Crippen molar-refractivity contribution in [1.82, 2.24) is 0 Å². The Balaban J connectivity index is 1.46. The molecule has 1 aromatic rings. The molecular formula is C25H38O4. The first kappa shape index (κ1) is 22.3. The molecule has 1 saturated carbocycles. The van der Waals surface area contributed by atoms with Gasteiger partial charge in [0.2, 0.25) is 0 Å². The second kappa shape index (κ2) is 10.6. The largest absolute Gasteiger partial charge is 0.426 e. The zero-order valence-electron chi connectivity index (χ0n) is 18.5. The summed E-state index contributed by atoms with van der Waals surface area (Å²) in [7, 11) is 0. The van der Waals surface area contributed by atoms with Crippen LogP contribution in [0.1, 0.15) is 77.7 Å². The van der Waals surface area contributed by atoms with E-state index in [0.29, 0.717) is 24.9 Å². The molecule has 0 radical (unpaired) electrons. The van der Waals surface area contributed by atoms with Crippen molar-refractivity contribution in [3.05, 3.63) is 29.8 Å². The third kappa shape index (κ3) is 6.05. The molecule has 1 saturated heterocycles. The van der Waals surface area contributed by atoms with Crippen LogP contribution in [0.5, 0.6) is 5.75 Å². The second-order valence-corrected chi connectivity index (χ2v) is 9.26. The van der Waals surface area contributed by atoms with Crippen LogP contribution in [-0.2, 0) is 20.7 Å². The standard InChI is InChI=1S/C25H38O4/c1-4-6-8-20-11-15-22(16-12-20)29-24(26)25(3)17-27-23(28-18-25)21-13-9-19(7-5-2)10-14-21/h11-12,15-16,19,21,23H,4-10,13-14,17-18H2,1-3H3. The van der Waals surface area contributed by atoms with Crippen molar-refractivity contribution < 1.29 is 19.0 Å². The van der Waals surface area contributed by atoms with Crippen molar-refractivity contribution >= 4 is 5.97 Å². The number of hydrogen-bond acceptors (Lipinski definition) is 4. The normalized spacial score (nSPS) is 30.1. The van der Waals surface area contributed by atoms with Crippen molar-refractivity contribution in [3.63, 3.8) is 0 Å². The number of ether oxygens (including phenoxy) is 3. The fourth-order valence-electron chi connectivity index (χ4n) is 4.50. The highest BCUT2D eigenvalue weighted by Gasteiger charge is 2.43. The highest BCUT2D eigenvalue weighted by Crippen LogP contribution is 2.37. The maximum Gasteiger partial charge on any atom is 0.321 e. The van der Waals surface area contributed by atoms with Crippen LogP contribution in [0.4, 0.5) is 0 Å². The predicted octanol–water partition coefficient (Wildman–Crippen LogP) is 5.92. The van der Waals surface area contributed by atoms with Gasteiger partial charge in [-0.3, -0.25) is 4.79 Å². The van der Waals surface area contributed by atoms with Crippen molar-refractivity contribution in [3.8, 4) is 5.75 Å². The van der Waals surface area contributed by atoms with Gasteiger partial charge in [-0.2, -0.15) is 0 Å². The lowest BCUT2D eigenvalue weighted by Crippen LogP contribution is -2.49. The van der Waals surface area contributed by atoms with Crippen LogP contribution in [0.2, 0.25) is 0 Å². The highest BCUT2D eigenvalue weighted by molar-refractivity contribution is 5.79. The first-order valence-electron chi connectivity index (χ1n) is 11.6. The number of unbranched alkanes of at least 4 members (excludes halogenated alkanes) is 1. The van der Waals surface area contributed by atoms with Crippen molar-refractivity contribution in [2.75, 3.05) is 13.2 Å². The Kier molecular flexibility index (Phi) is 8.14. The molecule has 3 rings (SSSR count). The van der Waals surface area contributed by atoms with Gasteiger partial charge in [0.25, 0.3) is 0 Å². The zero-order valence-corrected chi connectivity index (χ0v) is 18.5. The van der Waals surface area contributed by atoms with Gasteiger partial charge >= 0.3 is 5.97 Å². The van der Waals surface area contributed by atoms with Gasteiger partial charge in [-0.25, -0.2) is 0 Å². The van der Waals surface area contributed by atoms with E-state index in [1.165, 1.54) is 56.9 Å². The van der Waals surface area contributed by atoms with E-state index in [-0.39, 0.29) is 12.3 Å². The lowest BCUT2D eigenvalue weighted by atomic mass is 9.79. The number of benzene rings is 1. The SMILES string of the molecule is CCCCc1ccc(OC(=O)C2(C)COC(C3CCC(CCC)CC3)OC2)cc1. The molecule has 0 aromatic heterocycles. The van der Waals surface area contributed by atoms with Gasteiger partial charge in [0, 0.05) is 5.92 Å². The molecule has 0 unspecified atom stereocenters. The molecule has 1 heterocycles. The van der Waals surface area contributed by atoms with Crippen molar-refractivity contribution in [1.29, 1.82) is 0 Å². The molecule has 0 bridgehead atoms. The number of carbonyl (C=O) groups is 1.